The van der Waals surface area contributed by atoms with Crippen molar-refractivity contribution in [2.45, 2.75) is 56.7 Å². The Balaban J connectivity index is 1.75. The van der Waals surface area contributed by atoms with E-state index in [0.717, 1.165) is 6.04 Å². The summed E-state index contributed by atoms with van der Waals surface area (Å²) >= 11 is 0. The first-order valence-corrected chi connectivity index (χ1v) is 6.32. The normalized spacial score (nSPS) is 35.6. The molecule has 15 heavy (non-hydrogen) atoms. The summed E-state index contributed by atoms with van der Waals surface area (Å²) < 4.78 is 5.40. The van der Waals surface area contributed by atoms with Gasteiger partial charge in [-0.25, -0.2) is 0 Å². The Hall–Kier alpha value is -0.120. The Morgan fingerprint density at radius 1 is 1.00 bits per heavy atom. The maximum Gasteiger partial charge on any atom is 0.0595 e. The van der Waals surface area contributed by atoms with Gasteiger partial charge in [0.05, 0.1) is 6.10 Å². The highest BCUT2D eigenvalue weighted by Crippen LogP contribution is 2.25. The lowest BCUT2D eigenvalue weighted by Crippen LogP contribution is -2.46. The number of nitrogens with zero attached hydrogens (tertiary/aromatic N) is 1. The third-order valence-electron chi connectivity index (χ3n) is 4.07. The molecular weight excluding hydrogens is 188 g/mol. The number of likely N-dealkylation sites (tertiary alicyclic amines) is 1. The molecule has 0 radical (unpaired) electrons. The summed E-state index contributed by atoms with van der Waals surface area (Å²) in [5, 5.41) is 0. The number of rotatable bonds is 2. The minimum atomic E-state index is 0.470. The molecule has 2 rings (SSSR count). The van der Waals surface area contributed by atoms with Crippen LogP contribution in [0.5, 0.6) is 0 Å². The highest BCUT2D eigenvalue weighted by Gasteiger charge is 2.27. The summed E-state index contributed by atoms with van der Waals surface area (Å²) in [6.07, 6.45) is 7.96. The molecule has 1 heterocycles. The second kappa shape index (κ2) is 5.28. The zero-order valence-corrected chi connectivity index (χ0v) is 9.82. The number of ether oxygens (including phenoxy) is 1. The third kappa shape index (κ3) is 2.92. The standard InChI is InChI=1S/C12H24N2O/c1-15-12-6-8-14(9-7-12)11-4-2-10(13)3-5-11/h10-12H,2-9,13H2,1H3. The summed E-state index contributed by atoms with van der Waals surface area (Å²) in [6.45, 7) is 2.44. The van der Waals surface area contributed by atoms with Gasteiger partial charge in [-0.1, -0.05) is 0 Å². The zero-order chi connectivity index (χ0) is 10.7. The Morgan fingerprint density at radius 3 is 2.13 bits per heavy atom. The molecule has 0 spiro atoms. The molecule has 0 aromatic rings. The number of hydrogen-bond acceptors (Lipinski definition) is 3. The SMILES string of the molecule is COC1CCN(C2CCC(N)CC2)CC1. The zero-order valence-electron chi connectivity index (χ0n) is 9.82. The molecule has 0 aromatic carbocycles. The van der Waals surface area contributed by atoms with Crippen LogP contribution in [0.3, 0.4) is 0 Å². The molecule has 1 aliphatic heterocycles. The third-order valence-corrected chi connectivity index (χ3v) is 4.07. The Morgan fingerprint density at radius 2 is 1.60 bits per heavy atom. The van der Waals surface area contributed by atoms with Crippen LogP contribution < -0.4 is 5.73 Å². The second-order valence-electron chi connectivity index (χ2n) is 5.04. The van der Waals surface area contributed by atoms with Gasteiger partial charge in [0.25, 0.3) is 0 Å². The molecular formula is C12H24N2O. The maximum absolute atomic E-state index is 5.93. The fourth-order valence-corrected chi connectivity index (χ4v) is 2.94. The van der Waals surface area contributed by atoms with Crippen molar-refractivity contribution < 1.29 is 4.74 Å². The topological polar surface area (TPSA) is 38.5 Å². The Bertz CT molecular complexity index is 182. The first kappa shape index (κ1) is 11.4. The lowest BCUT2D eigenvalue weighted by Gasteiger charge is -2.40. The van der Waals surface area contributed by atoms with E-state index < -0.39 is 0 Å². The molecule has 0 bridgehead atoms. The molecule has 1 aliphatic carbocycles. The van der Waals surface area contributed by atoms with Gasteiger partial charge in [0.15, 0.2) is 0 Å². The molecule has 3 nitrogen and oxygen atoms in total. The second-order valence-corrected chi connectivity index (χ2v) is 5.04. The first-order chi connectivity index (χ1) is 7.29. The minimum Gasteiger partial charge on any atom is -0.381 e. The van der Waals surface area contributed by atoms with Crippen molar-refractivity contribution in [3.63, 3.8) is 0 Å². The lowest BCUT2D eigenvalue weighted by molar-refractivity contribution is 0.0201. The smallest absolute Gasteiger partial charge is 0.0595 e. The number of hydrogen-bond donors (Lipinski definition) is 1. The lowest BCUT2D eigenvalue weighted by atomic mass is 9.89. The molecule has 1 saturated heterocycles. The highest BCUT2D eigenvalue weighted by atomic mass is 16.5. The molecule has 3 heteroatoms. The predicted molar refractivity (Wildman–Crippen MR) is 61.8 cm³/mol. The van der Waals surface area contributed by atoms with Gasteiger partial charge in [-0.05, 0) is 38.5 Å². The number of piperidine rings is 1. The maximum atomic E-state index is 5.93. The van der Waals surface area contributed by atoms with Crippen LogP contribution in [0.15, 0.2) is 0 Å². The van der Waals surface area contributed by atoms with Gasteiger partial charge in [0.1, 0.15) is 0 Å². The van der Waals surface area contributed by atoms with E-state index in [1.54, 1.807) is 0 Å². The van der Waals surface area contributed by atoms with Crippen LogP contribution in [0, 0.1) is 0 Å². The molecule has 2 fully saturated rings. The number of methoxy groups -OCH3 is 1. The molecule has 88 valence electrons. The predicted octanol–water partition coefficient (Wildman–Crippen LogP) is 1.37. The molecule has 0 unspecified atom stereocenters. The van der Waals surface area contributed by atoms with Gasteiger partial charge in [0, 0.05) is 32.3 Å². The highest BCUT2D eigenvalue weighted by molar-refractivity contribution is 4.84. The van der Waals surface area contributed by atoms with E-state index in [0.29, 0.717) is 12.1 Å². The fraction of sp³-hybridized carbons (Fsp3) is 1.00. The minimum absolute atomic E-state index is 0.470. The van der Waals surface area contributed by atoms with Crippen LogP contribution in [0.25, 0.3) is 0 Å². The van der Waals surface area contributed by atoms with Crippen molar-refractivity contribution >= 4 is 0 Å². The van der Waals surface area contributed by atoms with Gasteiger partial charge in [0.2, 0.25) is 0 Å². The van der Waals surface area contributed by atoms with Gasteiger partial charge in [-0.3, -0.25) is 0 Å². The van der Waals surface area contributed by atoms with E-state index in [2.05, 4.69) is 4.90 Å². The Labute approximate surface area is 93.0 Å². The van der Waals surface area contributed by atoms with E-state index in [1.165, 1.54) is 51.6 Å². The summed E-state index contributed by atoms with van der Waals surface area (Å²) in [4.78, 5) is 2.65. The average molecular weight is 212 g/mol. The molecule has 0 amide bonds. The quantitative estimate of drug-likeness (QED) is 0.751. The van der Waals surface area contributed by atoms with Gasteiger partial charge < -0.3 is 15.4 Å². The van der Waals surface area contributed by atoms with Crippen LogP contribution in [0.4, 0.5) is 0 Å². The van der Waals surface area contributed by atoms with Crippen LogP contribution in [-0.4, -0.2) is 43.3 Å². The molecule has 0 aromatic heterocycles. The molecule has 2 N–H and O–H groups in total. The summed E-state index contributed by atoms with van der Waals surface area (Å²) in [5.41, 5.74) is 5.93. The molecule has 1 saturated carbocycles. The van der Waals surface area contributed by atoms with Gasteiger partial charge in [-0.15, -0.1) is 0 Å². The fourth-order valence-electron chi connectivity index (χ4n) is 2.94. The summed E-state index contributed by atoms with van der Waals surface area (Å²) in [6, 6.07) is 1.28. The van der Waals surface area contributed by atoms with Crippen LogP contribution in [0.1, 0.15) is 38.5 Å². The average Bonchev–Trinajstić information content (AvgIpc) is 2.30. The summed E-state index contributed by atoms with van der Waals surface area (Å²) in [7, 11) is 1.83. The van der Waals surface area contributed by atoms with Crippen LogP contribution in [0.2, 0.25) is 0 Å². The number of nitrogens with two attached hydrogens (primary N) is 1. The van der Waals surface area contributed by atoms with Gasteiger partial charge >= 0.3 is 0 Å². The van der Waals surface area contributed by atoms with E-state index >= 15 is 0 Å². The molecule has 2 aliphatic rings. The van der Waals surface area contributed by atoms with Crippen molar-refractivity contribution in [1.82, 2.24) is 4.90 Å². The van der Waals surface area contributed by atoms with Crippen molar-refractivity contribution in [2.75, 3.05) is 20.2 Å². The largest absolute Gasteiger partial charge is 0.381 e. The van der Waals surface area contributed by atoms with Gasteiger partial charge in [-0.2, -0.15) is 0 Å². The first-order valence-electron chi connectivity index (χ1n) is 6.32. The van der Waals surface area contributed by atoms with Crippen molar-refractivity contribution in [3.8, 4) is 0 Å². The Kier molecular flexibility index (Phi) is 4.00. The van der Waals surface area contributed by atoms with E-state index in [4.69, 9.17) is 10.5 Å². The van der Waals surface area contributed by atoms with E-state index in [9.17, 15) is 0 Å². The monoisotopic (exact) mass is 212 g/mol. The van der Waals surface area contributed by atoms with Crippen molar-refractivity contribution in [3.05, 3.63) is 0 Å². The summed E-state index contributed by atoms with van der Waals surface area (Å²) in [5.74, 6) is 0. The van der Waals surface area contributed by atoms with Crippen molar-refractivity contribution in [1.29, 1.82) is 0 Å². The molecule has 0 atom stereocenters. The van der Waals surface area contributed by atoms with Crippen LogP contribution in [-0.2, 0) is 4.74 Å². The van der Waals surface area contributed by atoms with Crippen molar-refractivity contribution in [2.24, 2.45) is 5.73 Å². The van der Waals surface area contributed by atoms with E-state index in [1.807, 2.05) is 7.11 Å². The van der Waals surface area contributed by atoms with Crippen LogP contribution >= 0.6 is 0 Å². The van der Waals surface area contributed by atoms with E-state index in [-0.39, 0.29) is 0 Å².